The van der Waals surface area contributed by atoms with E-state index in [1.807, 2.05) is 0 Å². The molecule has 0 saturated heterocycles. The van der Waals surface area contributed by atoms with Gasteiger partial charge in [-0.25, -0.2) is 4.98 Å². The van der Waals surface area contributed by atoms with Gasteiger partial charge in [0.05, 0.1) is 11.0 Å². The topological polar surface area (TPSA) is 56.1 Å². The lowest BCUT2D eigenvalue weighted by atomic mass is 10.2. The maximum absolute atomic E-state index is 13.5. The second-order valence-corrected chi connectivity index (χ2v) is 5.79. The van der Waals surface area contributed by atoms with Crippen molar-refractivity contribution in [1.82, 2.24) is 9.55 Å². The van der Waals surface area contributed by atoms with Crippen molar-refractivity contribution in [3.8, 4) is 11.4 Å². The van der Waals surface area contributed by atoms with Gasteiger partial charge in [-0.3, -0.25) is 9.36 Å². The zero-order chi connectivity index (χ0) is 18.5. The number of alkyl halides is 2. The Morgan fingerprint density at radius 1 is 1.19 bits per heavy atom. The monoisotopic (exact) mass is 359 g/mol. The van der Waals surface area contributed by atoms with Crippen LogP contribution in [0.2, 0.25) is 0 Å². The number of carbonyl (C=O) groups excluding carboxylic acids is 1. The van der Waals surface area contributed by atoms with Crippen molar-refractivity contribution < 1.29 is 18.3 Å². The highest BCUT2D eigenvalue weighted by Crippen LogP contribution is 2.30. The Bertz CT molecular complexity index is 891. The van der Waals surface area contributed by atoms with Gasteiger partial charge in [0.25, 0.3) is 0 Å². The normalized spacial score (nSPS) is 11.2. The van der Waals surface area contributed by atoms with Gasteiger partial charge in [-0.05, 0) is 42.8 Å². The third-order valence-corrected chi connectivity index (χ3v) is 3.97. The Morgan fingerprint density at radius 2 is 1.92 bits per heavy atom. The van der Waals surface area contributed by atoms with Gasteiger partial charge in [-0.15, -0.1) is 0 Å². The molecule has 0 aliphatic heterocycles. The minimum atomic E-state index is -2.70. The molecule has 5 nitrogen and oxygen atoms in total. The number of anilines is 1. The first-order valence-corrected chi connectivity index (χ1v) is 8.24. The average Bonchev–Trinajstić information content (AvgIpc) is 3.02. The van der Waals surface area contributed by atoms with Crippen molar-refractivity contribution >= 4 is 22.6 Å². The van der Waals surface area contributed by atoms with Crippen LogP contribution in [0.15, 0.2) is 48.5 Å². The zero-order valence-corrected chi connectivity index (χ0v) is 14.3. The number of rotatable bonds is 7. The Hall–Kier alpha value is -2.80. The summed E-state index contributed by atoms with van der Waals surface area (Å²) in [6.07, 6.45) is 0.996. The molecular weight excluding hydrogens is 340 g/mol. The molecule has 0 aliphatic carbocycles. The summed E-state index contributed by atoms with van der Waals surface area (Å²) >= 11 is 0. The van der Waals surface area contributed by atoms with E-state index in [4.69, 9.17) is 4.74 Å². The summed E-state index contributed by atoms with van der Waals surface area (Å²) in [4.78, 5) is 16.1. The van der Waals surface area contributed by atoms with Crippen LogP contribution in [-0.4, -0.2) is 29.2 Å². The number of aromatic nitrogens is 2. The zero-order valence-electron chi connectivity index (χ0n) is 14.3. The summed E-state index contributed by atoms with van der Waals surface area (Å²) in [5.41, 5.74) is 2.06. The lowest BCUT2D eigenvalue weighted by Gasteiger charge is -2.09. The van der Waals surface area contributed by atoms with E-state index in [1.165, 1.54) is 0 Å². The predicted molar refractivity (Wildman–Crippen MR) is 96.2 cm³/mol. The van der Waals surface area contributed by atoms with Crippen molar-refractivity contribution in [3.63, 3.8) is 0 Å². The molecule has 3 rings (SSSR count). The fraction of sp³-hybridized carbons (Fsp3) is 0.263. The van der Waals surface area contributed by atoms with Gasteiger partial charge in [0.1, 0.15) is 5.82 Å². The van der Waals surface area contributed by atoms with Crippen LogP contribution in [0.5, 0.6) is 0 Å². The molecule has 0 saturated carbocycles. The molecule has 1 amide bonds. The van der Waals surface area contributed by atoms with Gasteiger partial charge in [-0.2, -0.15) is 8.78 Å². The Balaban J connectivity index is 1.82. The highest BCUT2D eigenvalue weighted by molar-refractivity contribution is 5.91. The van der Waals surface area contributed by atoms with Crippen molar-refractivity contribution in [3.05, 3.63) is 48.5 Å². The third kappa shape index (κ3) is 3.88. The van der Waals surface area contributed by atoms with Crippen molar-refractivity contribution in [1.29, 1.82) is 0 Å². The number of nitrogens with one attached hydrogen (secondary N) is 1. The molecule has 7 heteroatoms. The molecule has 0 spiro atoms. The highest BCUT2D eigenvalue weighted by atomic mass is 19.3. The van der Waals surface area contributed by atoms with Gasteiger partial charge in [0, 0.05) is 31.4 Å². The van der Waals surface area contributed by atoms with Gasteiger partial charge in [-0.1, -0.05) is 12.1 Å². The van der Waals surface area contributed by atoms with E-state index in [9.17, 15) is 13.6 Å². The molecule has 1 aromatic heterocycles. The Labute approximate surface area is 149 Å². The maximum atomic E-state index is 13.5. The fourth-order valence-corrected chi connectivity index (χ4v) is 2.75. The Kier molecular flexibility index (Phi) is 5.58. The van der Waals surface area contributed by atoms with Gasteiger partial charge < -0.3 is 10.1 Å². The van der Waals surface area contributed by atoms with Crippen LogP contribution in [0.4, 0.5) is 14.5 Å². The number of para-hydroxylation sites is 2. The highest BCUT2D eigenvalue weighted by Gasteiger charge is 2.18. The SMILES string of the molecule is COCCCC(=O)Nc1ccc(-c2nc3ccccc3n2C(F)F)cc1. The number of carbonyl (C=O) groups is 1. The van der Waals surface area contributed by atoms with Crippen LogP contribution in [0.25, 0.3) is 22.4 Å². The van der Waals surface area contributed by atoms with Crippen LogP contribution >= 0.6 is 0 Å². The maximum Gasteiger partial charge on any atom is 0.320 e. The molecule has 26 heavy (non-hydrogen) atoms. The lowest BCUT2D eigenvalue weighted by Crippen LogP contribution is -2.12. The average molecular weight is 359 g/mol. The summed E-state index contributed by atoms with van der Waals surface area (Å²) in [5.74, 6) is 0.0776. The summed E-state index contributed by atoms with van der Waals surface area (Å²) in [5, 5.41) is 2.77. The summed E-state index contributed by atoms with van der Waals surface area (Å²) < 4.78 is 32.9. The van der Waals surface area contributed by atoms with E-state index >= 15 is 0 Å². The largest absolute Gasteiger partial charge is 0.385 e. The second kappa shape index (κ2) is 8.05. The number of methoxy groups -OCH3 is 1. The molecule has 1 N–H and O–H groups in total. The number of ether oxygens (including phenoxy) is 1. The number of benzene rings is 2. The summed E-state index contributed by atoms with van der Waals surface area (Å²) in [6, 6.07) is 13.5. The number of halogens is 2. The number of hydrogen-bond donors (Lipinski definition) is 1. The first kappa shape index (κ1) is 18.0. The van der Waals surface area contributed by atoms with Crippen LogP contribution in [0, 0.1) is 0 Å². The molecule has 0 fully saturated rings. The molecule has 3 aromatic rings. The van der Waals surface area contributed by atoms with Crippen LogP contribution < -0.4 is 5.32 Å². The van der Waals surface area contributed by atoms with E-state index in [2.05, 4.69) is 10.3 Å². The van der Waals surface area contributed by atoms with Crippen molar-refractivity contribution in [2.45, 2.75) is 19.4 Å². The first-order chi connectivity index (χ1) is 12.6. The lowest BCUT2D eigenvalue weighted by molar-refractivity contribution is -0.116. The Morgan fingerprint density at radius 3 is 2.62 bits per heavy atom. The quantitative estimate of drug-likeness (QED) is 0.634. The van der Waals surface area contributed by atoms with Gasteiger partial charge >= 0.3 is 6.55 Å². The van der Waals surface area contributed by atoms with E-state index < -0.39 is 6.55 Å². The van der Waals surface area contributed by atoms with E-state index in [0.29, 0.717) is 41.7 Å². The van der Waals surface area contributed by atoms with Crippen LogP contribution in [0.1, 0.15) is 19.4 Å². The molecule has 2 aromatic carbocycles. The molecular formula is C19H19F2N3O2. The van der Waals surface area contributed by atoms with Crippen LogP contribution in [-0.2, 0) is 9.53 Å². The van der Waals surface area contributed by atoms with Crippen molar-refractivity contribution in [2.24, 2.45) is 0 Å². The summed E-state index contributed by atoms with van der Waals surface area (Å²) in [7, 11) is 1.59. The van der Waals surface area contributed by atoms with E-state index in [0.717, 1.165) is 4.57 Å². The molecule has 0 atom stereocenters. The number of imidazole rings is 1. The first-order valence-electron chi connectivity index (χ1n) is 8.24. The number of hydrogen-bond acceptors (Lipinski definition) is 3. The molecule has 136 valence electrons. The molecule has 0 radical (unpaired) electrons. The second-order valence-electron chi connectivity index (χ2n) is 5.79. The fourth-order valence-electron chi connectivity index (χ4n) is 2.75. The van der Waals surface area contributed by atoms with E-state index in [1.54, 1.807) is 55.6 Å². The third-order valence-electron chi connectivity index (χ3n) is 3.97. The molecule has 0 aliphatic rings. The predicted octanol–water partition coefficient (Wildman–Crippen LogP) is 4.46. The number of nitrogens with zero attached hydrogens (tertiary/aromatic N) is 2. The van der Waals surface area contributed by atoms with Crippen molar-refractivity contribution in [2.75, 3.05) is 19.0 Å². The van der Waals surface area contributed by atoms with E-state index in [-0.39, 0.29) is 11.7 Å². The number of fused-ring (bicyclic) bond motifs is 1. The molecule has 0 bridgehead atoms. The number of amides is 1. The van der Waals surface area contributed by atoms with Gasteiger partial charge in [0.2, 0.25) is 5.91 Å². The molecule has 1 heterocycles. The standard InChI is InChI=1S/C19H19F2N3O2/c1-26-12-4-7-17(25)22-14-10-8-13(9-11-14)18-23-15-5-2-3-6-16(15)24(18)19(20)21/h2-3,5-6,8-11,19H,4,7,12H2,1H3,(H,22,25). The minimum Gasteiger partial charge on any atom is -0.385 e. The minimum absolute atomic E-state index is 0.116. The van der Waals surface area contributed by atoms with Crippen LogP contribution in [0.3, 0.4) is 0 Å². The molecule has 0 unspecified atom stereocenters. The summed E-state index contributed by atoms with van der Waals surface area (Å²) in [6.45, 7) is -2.17. The van der Waals surface area contributed by atoms with Gasteiger partial charge in [0.15, 0.2) is 0 Å². The smallest absolute Gasteiger partial charge is 0.320 e.